The number of fused-ring (bicyclic) bond motifs is 1. The van der Waals surface area contributed by atoms with E-state index in [9.17, 15) is 0 Å². The van der Waals surface area contributed by atoms with Crippen LogP contribution >= 0.6 is 11.6 Å². The summed E-state index contributed by atoms with van der Waals surface area (Å²) in [6.07, 6.45) is 0. The summed E-state index contributed by atoms with van der Waals surface area (Å²) in [5, 5.41) is 0.587. The van der Waals surface area contributed by atoms with Crippen LogP contribution in [0.3, 0.4) is 0 Å². The van der Waals surface area contributed by atoms with E-state index in [0.717, 1.165) is 31.9 Å². The van der Waals surface area contributed by atoms with Crippen molar-refractivity contribution in [2.75, 3.05) is 46.1 Å². The number of hydrogen-bond acceptors (Lipinski definition) is 5. The van der Waals surface area contributed by atoms with Crippen molar-refractivity contribution in [2.24, 2.45) is 5.73 Å². The van der Waals surface area contributed by atoms with E-state index in [2.05, 4.69) is 4.90 Å². The van der Waals surface area contributed by atoms with Crippen molar-refractivity contribution in [1.29, 1.82) is 0 Å². The maximum Gasteiger partial charge on any atom is 0.179 e. The summed E-state index contributed by atoms with van der Waals surface area (Å²) in [6.45, 7) is 4.88. The van der Waals surface area contributed by atoms with Crippen LogP contribution in [0, 0.1) is 0 Å². The normalized spacial score (nSPS) is 20.7. The number of ether oxygens (including phenoxy) is 3. The fraction of sp³-hybridized carbons (Fsp3) is 0.571. The average Bonchev–Trinajstić information content (AvgIpc) is 2.49. The minimum absolute atomic E-state index is 0.132. The molecular formula is C14H19ClN2O3. The van der Waals surface area contributed by atoms with Crippen LogP contribution in [0.2, 0.25) is 5.02 Å². The molecule has 2 aliphatic heterocycles. The summed E-state index contributed by atoms with van der Waals surface area (Å²) < 4.78 is 16.6. The number of halogens is 1. The zero-order valence-corrected chi connectivity index (χ0v) is 12.1. The third kappa shape index (κ3) is 2.72. The van der Waals surface area contributed by atoms with Gasteiger partial charge in [0.1, 0.15) is 13.2 Å². The Morgan fingerprint density at radius 2 is 1.90 bits per heavy atom. The summed E-state index contributed by atoms with van der Waals surface area (Å²) >= 11 is 6.30. The molecule has 1 unspecified atom stereocenters. The molecule has 1 atom stereocenters. The Labute approximate surface area is 123 Å². The molecule has 6 heteroatoms. The zero-order valence-electron chi connectivity index (χ0n) is 11.3. The molecular weight excluding hydrogens is 280 g/mol. The molecule has 0 saturated carbocycles. The van der Waals surface area contributed by atoms with Crippen LogP contribution in [0.15, 0.2) is 12.1 Å². The maximum absolute atomic E-state index is 6.30. The van der Waals surface area contributed by atoms with Gasteiger partial charge in [0, 0.05) is 25.7 Å². The van der Waals surface area contributed by atoms with E-state index in [4.69, 9.17) is 31.5 Å². The lowest BCUT2D eigenvalue weighted by Crippen LogP contribution is -2.41. The third-order valence-electron chi connectivity index (χ3n) is 3.71. The highest BCUT2D eigenvalue weighted by molar-refractivity contribution is 6.32. The molecule has 0 aromatic heterocycles. The second-order valence-electron chi connectivity index (χ2n) is 4.93. The Bertz CT molecular complexity index is 478. The maximum atomic E-state index is 6.30. The second-order valence-corrected chi connectivity index (χ2v) is 5.33. The van der Waals surface area contributed by atoms with Gasteiger partial charge in [-0.15, -0.1) is 0 Å². The number of benzene rings is 1. The molecule has 3 rings (SSSR count). The van der Waals surface area contributed by atoms with Crippen molar-refractivity contribution in [3.63, 3.8) is 0 Å². The van der Waals surface area contributed by atoms with Crippen LogP contribution < -0.4 is 15.2 Å². The Morgan fingerprint density at radius 3 is 2.65 bits per heavy atom. The van der Waals surface area contributed by atoms with E-state index in [0.29, 0.717) is 36.3 Å². The van der Waals surface area contributed by atoms with Crippen molar-refractivity contribution < 1.29 is 14.2 Å². The molecule has 1 aromatic rings. The minimum Gasteiger partial charge on any atom is -0.486 e. The molecule has 0 radical (unpaired) electrons. The van der Waals surface area contributed by atoms with Crippen LogP contribution in [0.1, 0.15) is 11.6 Å². The summed E-state index contributed by atoms with van der Waals surface area (Å²) in [6, 6.07) is 4.06. The van der Waals surface area contributed by atoms with Crippen LogP contribution in [-0.2, 0) is 4.74 Å². The van der Waals surface area contributed by atoms with E-state index in [-0.39, 0.29) is 6.04 Å². The fourth-order valence-corrected chi connectivity index (χ4v) is 2.98. The highest BCUT2D eigenvalue weighted by Crippen LogP contribution is 2.40. The summed E-state index contributed by atoms with van der Waals surface area (Å²) in [5.41, 5.74) is 7.04. The van der Waals surface area contributed by atoms with E-state index < -0.39 is 0 Å². The molecule has 1 fully saturated rings. The van der Waals surface area contributed by atoms with Gasteiger partial charge in [-0.3, -0.25) is 4.90 Å². The Morgan fingerprint density at radius 1 is 1.15 bits per heavy atom. The third-order valence-corrected chi connectivity index (χ3v) is 3.99. The number of nitrogens with zero attached hydrogens (tertiary/aromatic N) is 1. The molecule has 2 heterocycles. The highest BCUT2D eigenvalue weighted by atomic mass is 35.5. The molecule has 1 aromatic carbocycles. The molecule has 1 saturated heterocycles. The van der Waals surface area contributed by atoms with Crippen LogP contribution in [0.4, 0.5) is 0 Å². The molecule has 2 N–H and O–H groups in total. The molecule has 0 bridgehead atoms. The number of morpholine rings is 1. The lowest BCUT2D eigenvalue weighted by molar-refractivity contribution is 0.0178. The zero-order chi connectivity index (χ0) is 13.9. The first-order chi connectivity index (χ1) is 9.79. The fourth-order valence-electron chi connectivity index (χ4n) is 2.71. The molecule has 110 valence electrons. The average molecular weight is 299 g/mol. The van der Waals surface area contributed by atoms with Gasteiger partial charge in [-0.25, -0.2) is 0 Å². The van der Waals surface area contributed by atoms with Crippen molar-refractivity contribution in [3.8, 4) is 11.5 Å². The van der Waals surface area contributed by atoms with Crippen LogP contribution in [0.5, 0.6) is 11.5 Å². The monoisotopic (exact) mass is 298 g/mol. The van der Waals surface area contributed by atoms with Gasteiger partial charge in [-0.2, -0.15) is 0 Å². The molecule has 0 spiro atoms. The first-order valence-corrected chi connectivity index (χ1v) is 7.28. The lowest BCUT2D eigenvalue weighted by Gasteiger charge is -2.34. The molecule has 0 amide bonds. The van der Waals surface area contributed by atoms with Crippen molar-refractivity contribution in [3.05, 3.63) is 22.7 Å². The SMILES string of the molecule is NCC(c1cc(Cl)c2c(c1)OCCO2)N1CCOCC1. The molecule has 5 nitrogen and oxygen atoms in total. The van der Waals surface area contributed by atoms with Crippen LogP contribution in [0.25, 0.3) is 0 Å². The molecule has 0 aliphatic carbocycles. The Balaban J connectivity index is 1.89. The first-order valence-electron chi connectivity index (χ1n) is 6.90. The predicted octanol–water partition coefficient (Wildman–Crippen LogP) is 1.44. The van der Waals surface area contributed by atoms with Gasteiger partial charge in [0.2, 0.25) is 0 Å². The van der Waals surface area contributed by atoms with Gasteiger partial charge in [-0.1, -0.05) is 11.6 Å². The summed E-state index contributed by atoms with van der Waals surface area (Å²) in [7, 11) is 0. The smallest absolute Gasteiger partial charge is 0.179 e. The van der Waals surface area contributed by atoms with Gasteiger partial charge in [-0.05, 0) is 17.7 Å². The Kier molecular flexibility index (Phi) is 4.31. The van der Waals surface area contributed by atoms with Gasteiger partial charge < -0.3 is 19.9 Å². The Hall–Kier alpha value is -1.01. The van der Waals surface area contributed by atoms with E-state index in [1.165, 1.54) is 0 Å². The van der Waals surface area contributed by atoms with Gasteiger partial charge in [0.05, 0.1) is 18.2 Å². The van der Waals surface area contributed by atoms with Gasteiger partial charge in [0.15, 0.2) is 11.5 Å². The number of rotatable bonds is 3. The second kappa shape index (κ2) is 6.18. The lowest BCUT2D eigenvalue weighted by atomic mass is 10.0. The highest BCUT2D eigenvalue weighted by Gasteiger charge is 2.25. The van der Waals surface area contributed by atoms with E-state index in [1.807, 2.05) is 12.1 Å². The quantitative estimate of drug-likeness (QED) is 0.915. The largest absolute Gasteiger partial charge is 0.486 e. The van der Waals surface area contributed by atoms with Gasteiger partial charge in [0.25, 0.3) is 0 Å². The van der Waals surface area contributed by atoms with Crippen molar-refractivity contribution >= 4 is 11.6 Å². The number of nitrogens with two attached hydrogens (primary N) is 1. The topological polar surface area (TPSA) is 57.0 Å². The van der Waals surface area contributed by atoms with E-state index in [1.54, 1.807) is 0 Å². The van der Waals surface area contributed by atoms with Crippen molar-refractivity contribution in [1.82, 2.24) is 4.90 Å². The molecule has 20 heavy (non-hydrogen) atoms. The summed E-state index contributed by atoms with van der Waals surface area (Å²) in [4.78, 5) is 2.32. The summed E-state index contributed by atoms with van der Waals surface area (Å²) in [5.74, 6) is 1.35. The predicted molar refractivity (Wildman–Crippen MR) is 76.6 cm³/mol. The standard InChI is InChI=1S/C14H19ClN2O3/c15-11-7-10(8-13-14(11)20-6-5-19-13)12(9-16)17-1-3-18-4-2-17/h7-8,12H,1-6,9,16H2. The van der Waals surface area contributed by atoms with Gasteiger partial charge >= 0.3 is 0 Å². The minimum atomic E-state index is 0.132. The van der Waals surface area contributed by atoms with Crippen LogP contribution in [-0.4, -0.2) is 51.0 Å². The molecule has 2 aliphatic rings. The number of hydrogen-bond donors (Lipinski definition) is 1. The van der Waals surface area contributed by atoms with E-state index >= 15 is 0 Å². The van der Waals surface area contributed by atoms with Crippen molar-refractivity contribution in [2.45, 2.75) is 6.04 Å². The first kappa shape index (κ1) is 13.9.